The SMILES string of the molecule is CCNC(=NCCCCN1CCCCC1C)NC1CCN(C(C)C)CC1.I. The second-order valence-electron chi connectivity index (χ2n) is 8.40. The van der Waals surface area contributed by atoms with E-state index >= 15 is 0 Å². The van der Waals surface area contributed by atoms with E-state index in [4.69, 9.17) is 4.99 Å². The monoisotopic (exact) mass is 493 g/mol. The van der Waals surface area contributed by atoms with Crippen molar-refractivity contribution in [1.82, 2.24) is 20.4 Å². The highest BCUT2D eigenvalue weighted by atomic mass is 127. The Morgan fingerprint density at radius 2 is 1.81 bits per heavy atom. The molecule has 0 radical (unpaired) electrons. The maximum Gasteiger partial charge on any atom is 0.191 e. The van der Waals surface area contributed by atoms with Crippen LogP contribution in [-0.2, 0) is 0 Å². The first-order valence-electron chi connectivity index (χ1n) is 11.1. The van der Waals surface area contributed by atoms with E-state index in [2.05, 4.69) is 48.1 Å². The standard InChI is InChI=1S/C21H43N5.HI/c1-5-22-21(24-20-11-16-25(17-12-20)18(2)3)23-13-7-9-15-26-14-8-6-10-19(26)4;/h18-20H,5-17H2,1-4H3,(H2,22,23,24);1H. The molecule has 1 unspecified atom stereocenters. The summed E-state index contributed by atoms with van der Waals surface area (Å²) in [6.45, 7) is 15.9. The fourth-order valence-electron chi connectivity index (χ4n) is 4.18. The molecule has 0 aromatic carbocycles. The Kier molecular flexibility index (Phi) is 12.9. The van der Waals surface area contributed by atoms with Crippen LogP contribution in [0.5, 0.6) is 0 Å². The van der Waals surface area contributed by atoms with Gasteiger partial charge in [0.25, 0.3) is 0 Å². The average molecular weight is 494 g/mol. The summed E-state index contributed by atoms with van der Waals surface area (Å²) in [4.78, 5) is 10.1. The van der Waals surface area contributed by atoms with E-state index < -0.39 is 0 Å². The molecule has 27 heavy (non-hydrogen) atoms. The van der Waals surface area contributed by atoms with E-state index in [9.17, 15) is 0 Å². The Morgan fingerprint density at radius 1 is 1.07 bits per heavy atom. The maximum atomic E-state index is 4.83. The Balaban J connectivity index is 0.00000364. The molecule has 0 aromatic rings. The Bertz CT molecular complexity index is 407. The van der Waals surface area contributed by atoms with Gasteiger partial charge < -0.3 is 20.4 Å². The van der Waals surface area contributed by atoms with E-state index in [-0.39, 0.29) is 24.0 Å². The van der Waals surface area contributed by atoms with Crippen LogP contribution in [-0.4, -0.2) is 73.2 Å². The Labute approximate surface area is 185 Å². The molecule has 0 amide bonds. The third-order valence-corrected chi connectivity index (χ3v) is 6.01. The summed E-state index contributed by atoms with van der Waals surface area (Å²) in [6, 6.07) is 2.01. The number of nitrogens with one attached hydrogen (secondary N) is 2. The first kappa shape index (κ1) is 25.0. The molecule has 0 aliphatic carbocycles. The minimum Gasteiger partial charge on any atom is -0.357 e. The second-order valence-corrected chi connectivity index (χ2v) is 8.40. The van der Waals surface area contributed by atoms with Crippen LogP contribution in [0, 0.1) is 0 Å². The molecule has 160 valence electrons. The van der Waals surface area contributed by atoms with Gasteiger partial charge in [0.1, 0.15) is 0 Å². The minimum atomic E-state index is 0. The van der Waals surface area contributed by atoms with Crippen LogP contribution in [0.4, 0.5) is 0 Å². The predicted octanol–water partition coefficient (Wildman–Crippen LogP) is 3.69. The lowest BCUT2D eigenvalue weighted by Crippen LogP contribution is -2.49. The maximum absolute atomic E-state index is 4.83. The molecule has 2 fully saturated rings. The number of aliphatic imine (C=N–C) groups is 1. The summed E-state index contributed by atoms with van der Waals surface area (Å²) in [5, 5.41) is 7.09. The highest BCUT2D eigenvalue weighted by molar-refractivity contribution is 14.0. The van der Waals surface area contributed by atoms with Crippen molar-refractivity contribution >= 4 is 29.9 Å². The van der Waals surface area contributed by atoms with Crippen LogP contribution in [0.3, 0.4) is 0 Å². The van der Waals surface area contributed by atoms with E-state index in [0.717, 1.165) is 25.1 Å². The van der Waals surface area contributed by atoms with Crippen LogP contribution in [0.25, 0.3) is 0 Å². The van der Waals surface area contributed by atoms with Gasteiger partial charge in [0.05, 0.1) is 0 Å². The molecule has 2 heterocycles. The van der Waals surface area contributed by atoms with Gasteiger partial charge in [0.2, 0.25) is 0 Å². The lowest BCUT2D eigenvalue weighted by Gasteiger charge is -2.35. The number of nitrogens with zero attached hydrogens (tertiary/aromatic N) is 3. The molecule has 5 nitrogen and oxygen atoms in total. The van der Waals surface area contributed by atoms with Gasteiger partial charge in [-0.2, -0.15) is 0 Å². The largest absolute Gasteiger partial charge is 0.357 e. The fourth-order valence-corrected chi connectivity index (χ4v) is 4.18. The molecule has 2 saturated heterocycles. The smallest absolute Gasteiger partial charge is 0.191 e. The van der Waals surface area contributed by atoms with E-state index in [1.54, 1.807) is 0 Å². The van der Waals surface area contributed by atoms with Crippen LogP contribution in [0.15, 0.2) is 4.99 Å². The molecule has 0 bridgehead atoms. The van der Waals surface area contributed by atoms with Crippen LogP contribution < -0.4 is 10.6 Å². The van der Waals surface area contributed by atoms with Gasteiger partial charge in [0, 0.05) is 44.3 Å². The van der Waals surface area contributed by atoms with Crippen LogP contribution >= 0.6 is 24.0 Å². The van der Waals surface area contributed by atoms with E-state index in [1.807, 2.05) is 0 Å². The van der Waals surface area contributed by atoms with Crippen molar-refractivity contribution in [2.75, 3.05) is 39.3 Å². The van der Waals surface area contributed by atoms with Gasteiger partial charge in [-0.3, -0.25) is 4.99 Å². The van der Waals surface area contributed by atoms with Gasteiger partial charge in [0.15, 0.2) is 5.96 Å². The number of rotatable bonds is 8. The first-order valence-corrected chi connectivity index (χ1v) is 11.1. The molecular weight excluding hydrogens is 449 g/mol. The first-order chi connectivity index (χ1) is 12.6. The van der Waals surface area contributed by atoms with Crippen molar-refractivity contribution in [2.24, 2.45) is 4.99 Å². The summed E-state index contributed by atoms with van der Waals surface area (Å²) in [7, 11) is 0. The van der Waals surface area contributed by atoms with Crippen LogP contribution in [0.2, 0.25) is 0 Å². The van der Waals surface area contributed by atoms with Crippen molar-refractivity contribution in [2.45, 2.75) is 90.8 Å². The lowest BCUT2D eigenvalue weighted by molar-refractivity contribution is 0.158. The minimum absolute atomic E-state index is 0. The zero-order chi connectivity index (χ0) is 18.8. The number of unbranched alkanes of at least 4 members (excludes halogenated alkanes) is 1. The van der Waals surface area contributed by atoms with E-state index in [0.29, 0.717) is 12.1 Å². The third-order valence-electron chi connectivity index (χ3n) is 6.01. The van der Waals surface area contributed by atoms with Crippen LogP contribution in [0.1, 0.15) is 72.6 Å². The predicted molar refractivity (Wildman–Crippen MR) is 128 cm³/mol. The van der Waals surface area contributed by atoms with Crippen molar-refractivity contribution < 1.29 is 0 Å². The molecule has 2 rings (SSSR count). The summed E-state index contributed by atoms with van der Waals surface area (Å²) < 4.78 is 0. The number of likely N-dealkylation sites (tertiary alicyclic amines) is 2. The molecule has 6 heteroatoms. The quantitative estimate of drug-likeness (QED) is 0.234. The van der Waals surface area contributed by atoms with E-state index in [1.165, 1.54) is 71.1 Å². The summed E-state index contributed by atoms with van der Waals surface area (Å²) in [6.07, 6.45) is 9.06. The summed E-state index contributed by atoms with van der Waals surface area (Å²) in [5.74, 6) is 1.02. The average Bonchev–Trinajstić information content (AvgIpc) is 2.63. The van der Waals surface area contributed by atoms with Crippen molar-refractivity contribution in [3.8, 4) is 0 Å². The number of guanidine groups is 1. The number of hydrogen-bond acceptors (Lipinski definition) is 3. The fraction of sp³-hybridized carbons (Fsp3) is 0.952. The number of piperidine rings is 2. The second kappa shape index (κ2) is 14.0. The van der Waals surface area contributed by atoms with Gasteiger partial charge >= 0.3 is 0 Å². The third kappa shape index (κ3) is 9.31. The molecule has 2 N–H and O–H groups in total. The normalized spacial score (nSPS) is 23.3. The molecule has 0 spiro atoms. The lowest BCUT2D eigenvalue weighted by atomic mass is 10.0. The van der Waals surface area contributed by atoms with Crippen molar-refractivity contribution in [1.29, 1.82) is 0 Å². The Hall–Kier alpha value is -0.0800. The number of halogens is 1. The topological polar surface area (TPSA) is 42.9 Å². The molecule has 0 saturated carbocycles. The molecular formula is C21H44IN5. The summed E-state index contributed by atoms with van der Waals surface area (Å²) >= 11 is 0. The molecule has 0 aromatic heterocycles. The van der Waals surface area contributed by atoms with Crippen molar-refractivity contribution in [3.63, 3.8) is 0 Å². The molecule has 1 atom stereocenters. The zero-order valence-corrected chi connectivity index (χ0v) is 20.5. The van der Waals surface area contributed by atoms with Gasteiger partial charge in [-0.1, -0.05) is 6.42 Å². The molecule has 2 aliphatic heterocycles. The van der Waals surface area contributed by atoms with Gasteiger partial charge in [-0.25, -0.2) is 0 Å². The van der Waals surface area contributed by atoms with Crippen molar-refractivity contribution in [3.05, 3.63) is 0 Å². The Morgan fingerprint density at radius 3 is 2.44 bits per heavy atom. The highest BCUT2D eigenvalue weighted by Gasteiger charge is 2.21. The zero-order valence-electron chi connectivity index (χ0n) is 18.2. The highest BCUT2D eigenvalue weighted by Crippen LogP contribution is 2.16. The number of hydrogen-bond donors (Lipinski definition) is 2. The molecule has 2 aliphatic rings. The van der Waals surface area contributed by atoms with Gasteiger partial charge in [-0.15, -0.1) is 24.0 Å². The van der Waals surface area contributed by atoms with Gasteiger partial charge in [-0.05, 0) is 79.3 Å². The summed E-state index contributed by atoms with van der Waals surface area (Å²) in [5.41, 5.74) is 0.